The summed E-state index contributed by atoms with van der Waals surface area (Å²) in [6.45, 7) is 3.97. The lowest BCUT2D eigenvalue weighted by atomic mass is 10.0. The molecule has 4 aromatic rings. The number of rotatable bonds is 11. The Balaban J connectivity index is 1.49. The van der Waals surface area contributed by atoms with Crippen molar-refractivity contribution in [3.05, 3.63) is 112 Å². The minimum Gasteiger partial charge on any atom is -0.481 e. The van der Waals surface area contributed by atoms with Crippen LogP contribution in [0.4, 0.5) is 48.2 Å². The van der Waals surface area contributed by atoms with Crippen molar-refractivity contribution >= 4 is 35.0 Å². The molecule has 2 amide bonds. The number of carboxylic acid groups (broad SMARTS) is 1. The molecule has 12 nitrogen and oxygen atoms in total. The Kier molecular flexibility index (Phi) is 11.1. The molecule has 4 N–H and O–H groups in total. The van der Waals surface area contributed by atoms with Gasteiger partial charge in [0.05, 0.1) is 47.4 Å². The van der Waals surface area contributed by atoms with Crippen molar-refractivity contribution in [2.24, 2.45) is 0 Å². The summed E-state index contributed by atoms with van der Waals surface area (Å²) in [4.78, 5) is 45.0. The van der Waals surface area contributed by atoms with Crippen LogP contribution in [0.15, 0.2) is 60.7 Å². The molecule has 18 heteroatoms. The summed E-state index contributed by atoms with van der Waals surface area (Å²) >= 11 is 0. The zero-order valence-corrected chi connectivity index (χ0v) is 29.6. The first-order valence-electron chi connectivity index (χ1n) is 16.4. The van der Waals surface area contributed by atoms with Gasteiger partial charge < -0.3 is 35.0 Å². The first-order valence-corrected chi connectivity index (χ1v) is 16.4. The summed E-state index contributed by atoms with van der Waals surface area (Å²) in [5, 5.41) is 34.2. The molecule has 0 atom stereocenters. The quantitative estimate of drug-likeness (QED) is 0.0914. The number of aromatic nitrogens is 1. The second-order valence-electron chi connectivity index (χ2n) is 13.3. The van der Waals surface area contributed by atoms with Crippen LogP contribution >= 0.6 is 0 Å². The number of carbonyl (C=O) groups is 3. The standard InChI is InChI=1S/C37H34F6N4O8/c1-35(2,3)55-34(51)46(18-28-29(13-14-30(45-28)54-4)47-32(48)19-8-5-6-10-22(19)37(47,52)53)15-7-9-20-26(12-11-24(38)31(20)40)44-27-17-23(36(41,42)43)25(39)16-21(27)33(49)50/h5-6,8,10-14,16-17,44,52-53H,7,9,15,18H2,1-4H3,(H,49,50). The maximum Gasteiger partial charge on any atom is 0.419 e. The van der Waals surface area contributed by atoms with Crippen molar-refractivity contribution < 1.29 is 65.5 Å². The van der Waals surface area contributed by atoms with Crippen LogP contribution in [0, 0.1) is 17.5 Å². The van der Waals surface area contributed by atoms with Crippen molar-refractivity contribution in [2.45, 2.75) is 57.8 Å². The third-order valence-corrected chi connectivity index (χ3v) is 8.36. The number of benzene rings is 3. The Morgan fingerprint density at radius 1 is 0.964 bits per heavy atom. The summed E-state index contributed by atoms with van der Waals surface area (Å²) in [7, 11) is 1.30. The minimum atomic E-state index is -5.22. The molecular formula is C37H34F6N4O8. The van der Waals surface area contributed by atoms with E-state index in [-0.39, 0.29) is 59.2 Å². The van der Waals surface area contributed by atoms with E-state index in [9.17, 15) is 51.7 Å². The highest BCUT2D eigenvalue weighted by molar-refractivity contribution is 6.11. The van der Waals surface area contributed by atoms with E-state index in [0.717, 1.165) is 11.0 Å². The van der Waals surface area contributed by atoms with E-state index in [1.165, 1.54) is 43.5 Å². The number of amides is 2. The second-order valence-corrected chi connectivity index (χ2v) is 13.3. The molecule has 1 aromatic heterocycles. The van der Waals surface area contributed by atoms with E-state index in [1.54, 1.807) is 20.8 Å². The number of aliphatic hydroxyl groups is 2. The van der Waals surface area contributed by atoms with Gasteiger partial charge in [-0.2, -0.15) is 13.2 Å². The van der Waals surface area contributed by atoms with E-state index < -0.39 is 88.5 Å². The number of anilines is 3. The highest BCUT2D eigenvalue weighted by atomic mass is 19.4. The van der Waals surface area contributed by atoms with E-state index in [1.807, 2.05) is 0 Å². The molecule has 0 aliphatic carbocycles. The molecule has 0 unspecified atom stereocenters. The topological polar surface area (TPSA) is 162 Å². The summed E-state index contributed by atoms with van der Waals surface area (Å²) in [6.07, 6.45) is -6.75. The number of hydrogen-bond donors (Lipinski definition) is 4. The number of methoxy groups -OCH3 is 1. The molecule has 0 bridgehead atoms. The lowest BCUT2D eigenvalue weighted by Crippen LogP contribution is -2.45. The number of ether oxygens (including phenoxy) is 2. The number of pyridine rings is 1. The Bertz CT molecular complexity index is 2160. The van der Waals surface area contributed by atoms with Crippen LogP contribution in [0.2, 0.25) is 0 Å². The SMILES string of the molecule is COc1ccc(N2C(=O)c3ccccc3C2(O)O)c(CN(CCCc2c(Nc3cc(C(F)(F)F)c(F)cc3C(=O)O)ccc(F)c2F)C(=O)OC(C)(C)C)n1. The third kappa shape index (κ3) is 8.44. The number of carbonyl (C=O) groups excluding carboxylic acids is 2. The van der Waals surface area contributed by atoms with Gasteiger partial charge in [-0.05, 0) is 70.0 Å². The molecule has 0 spiro atoms. The molecule has 2 heterocycles. The number of carboxylic acids is 1. The Morgan fingerprint density at radius 3 is 2.27 bits per heavy atom. The van der Waals surface area contributed by atoms with Gasteiger partial charge in [0.15, 0.2) is 11.6 Å². The van der Waals surface area contributed by atoms with Crippen molar-refractivity contribution in [3.63, 3.8) is 0 Å². The fourth-order valence-corrected chi connectivity index (χ4v) is 5.89. The van der Waals surface area contributed by atoms with Gasteiger partial charge in [0.1, 0.15) is 11.4 Å². The van der Waals surface area contributed by atoms with Crippen LogP contribution in [0.3, 0.4) is 0 Å². The number of nitrogens with zero attached hydrogens (tertiary/aromatic N) is 3. The summed E-state index contributed by atoms with van der Waals surface area (Å²) in [5.74, 6) is -10.1. The fourth-order valence-electron chi connectivity index (χ4n) is 5.89. The molecule has 0 radical (unpaired) electrons. The van der Waals surface area contributed by atoms with Crippen molar-refractivity contribution in [1.82, 2.24) is 9.88 Å². The summed E-state index contributed by atoms with van der Waals surface area (Å²) in [5.41, 5.74) is -5.66. The number of fused-ring (bicyclic) bond motifs is 1. The maximum atomic E-state index is 15.4. The third-order valence-electron chi connectivity index (χ3n) is 8.36. The van der Waals surface area contributed by atoms with Crippen LogP contribution in [-0.2, 0) is 29.8 Å². The predicted molar refractivity (Wildman–Crippen MR) is 183 cm³/mol. The fraction of sp³-hybridized carbons (Fsp3) is 0.297. The number of nitrogens with one attached hydrogen (secondary N) is 1. The van der Waals surface area contributed by atoms with Gasteiger partial charge in [-0.25, -0.2) is 32.6 Å². The number of alkyl halides is 3. The Hall–Kier alpha value is -5.88. The average Bonchev–Trinajstić information content (AvgIpc) is 3.30. The molecule has 0 saturated heterocycles. The van der Waals surface area contributed by atoms with Gasteiger partial charge in [-0.3, -0.25) is 4.79 Å². The molecule has 1 aliphatic heterocycles. The largest absolute Gasteiger partial charge is 0.481 e. The van der Waals surface area contributed by atoms with Crippen LogP contribution < -0.4 is 15.0 Å². The van der Waals surface area contributed by atoms with Crippen LogP contribution in [-0.4, -0.2) is 62.4 Å². The maximum absolute atomic E-state index is 15.4. The van der Waals surface area contributed by atoms with Gasteiger partial charge in [-0.15, -0.1) is 0 Å². The van der Waals surface area contributed by atoms with Gasteiger partial charge in [-0.1, -0.05) is 18.2 Å². The molecule has 55 heavy (non-hydrogen) atoms. The first-order chi connectivity index (χ1) is 25.6. The van der Waals surface area contributed by atoms with Crippen molar-refractivity contribution in [3.8, 4) is 5.88 Å². The molecule has 292 valence electrons. The normalized spacial score (nSPS) is 13.7. The Labute approximate surface area is 309 Å². The lowest BCUT2D eigenvalue weighted by Gasteiger charge is -2.32. The molecule has 1 aliphatic rings. The second kappa shape index (κ2) is 15.1. The van der Waals surface area contributed by atoms with Gasteiger partial charge >= 0.3 is 18.2 Å². The molecule has 0 fully saturated rings. The van der Waals surface area contributed by atoms with Crippen molar-refractivity contribution in [1.29, 1.82) is 0 Å². The van der Waals surface area contributed by atoms with E-state index >= 15 is 4.39 Å². The highest BCUT2D eigenvalue weighted by Gasteiger charge is 2.49. The van der Waals surface area contributed by atoms with Crippen LogP contribution in [0.25, 0.3) is 0 Å². The monoisotopic (exact) mass is 776 g/mol. The highest BCUT2D eigenvalue weighted by Crippen LogP contribution is 2.41. The number of halogens is 6. The van der Waals surface area contributed by atoms with E-state index in [4.69, 9.17) is 9.47 Å². The number of hydrogen-bond acceptors (Lipinski definition) is 9. The summed E-state index contributed by atoms with van der Waals surface area (Å²) in [6, 6.07) is 10.4. The summed E-state index contributed by atoms with van der Waals surface area (Å²) < 4.78 is 95.5. The van der Waals surface area contributed by atoms with Crippen LogP contribution in [0.5, 0.6) is 5.88 Å². The van der Waals surface area contributed by atoms with E-state index in [0.29, 0.717) is 11.0 Å². The lowest BCUT2D eigenvalue weighted by molar-refractivity contribution is -0.158. The van der Waals surface area contributed by atoms with Gasteiger partial charge in [0.25, 0.3) is 11.8 Å². The zero-order valence-electron chi connectivity index (χ0n) is 29.6. The van der Waals surface area contributed by atoms with Gasteiger partial charge in [0, 0.05) is 29.4 Å². The smallest absolute Gasteiger partial charge is 0.419 e. The van der Waals surface area contributed by atoms with E-state index in [2.05, 4.69) is 10.3 Å². The van der Waals surface area contributed by atoms with Crippen LogP contribution in [0.1, 0.15) is 70.3 Å². The Morgan fingerprint density at radius 2 is 1.65 bits per heavy atom. The minimum absolute atomic E-state index is 0.00876. The molecule has 0 saturated carbocycles. The molecule has 3 aromatic carbocycles. The predicted octanol–water partition coefficient (Wildman–Crippen LogP) is 7.09. The van der Waals surface area contributed by atoms with Gasteiger partial charge in [0.2, 0.25) is 5.88 Å². The molecule has 5 rings (SSSR count). The number of aromatic carboxylic acids is 1. The zero-order chi connectivity index (χ0) is 40.6. The molecular weight excluding hydrogens is 742 g/mol. The average molecular weight is 777 g/mol. The van der Waals surface area contributed by atoms with Crippen molar-refractivity contribution in [2.75, 3.05) is 23.9 Å². The first kappa shape index (κ1) is 40.3.